The second-order valence-corrected chi connectivity index (χ2v) is 7.04. The monoisotopic (exact) mass is 435 g/mol. The molecule has 2 heterocycles. The molecule has 2 aromatic heterocycles. The maximum Gasteiger partial charge on any atom is 0.416 e. The Morgan fingerprint density at radius 3 is 2.61 bits per heavy atom. The van der Waals surface area contributed by atoms with Crippen molar-refractivity contribution in [3.05, 3.63) is 59.0 Å². The summed E-state index contributed by atoms with van der Waals surface area (Å²) in [5.41, 5.74) is -0.349. The second-order valence-electron chi connectivity index (χ2n) is 7.04. The van der Waals surface area contributed by atoms with Gasteiger partial charge < -0.3 is 15.4 Å². The molecular weight excluding hydrogens is 415 g/mol. The maximum atomic E-state index is 13.4. The van der Waals surface area contributed by atoms with Crippen LogP contribution in [-0.2, 0) is 10.9 Å². The lowest BCUT2D eigenvalue weighted by atomic mass is 10.1. The van der Waals surface area contributed by atoms with Crippen LogP contribution in [-0.4, -0.2) is 46.2 Å². The standard InChI is InChI=1S/C20H20F3N5O3/c1-11-7-24-17-16(8-25-28(17)9-11)19(30)27-15-5-13(4-14(6-15)20(21,22)23)18(29)26-12(2)10-31-3/h4-9,12H,10H2,1-3H3,(H,26,29)(H,27,30). The molecule has 1 atom stereocenters. The minimum Gasteiger partial charge on any atom is -0.383 e. The molecule has 0 fully saturated rings. The smallest absolute Gasteiger partial charge is 0.383 e. The molecule has 0 bridgehead atoms. The normalized spacial score (nSPS) is 12.6. The van der Waals surface area contributed by atoms with Crippen molar-refractivity contribution >= 4 is 23.1 Å². The molecule has 0 aliphatic carbocycles. The van der Waals surface area contributed by atoms with Gasteiger partial charge >= 0.3 is 6.18 Å². The van der Waals surface area contributed by atoms with Gasteiger partial charge in [-0.25, -0.2) is 9.50 Å². The SMILES string of the molecule is COCC(C)NC(=O)c1cc(NC(=O)c2cnn3cc(C)cnc23)cc(C(F)(F)F)c1. The van der Waals surface area contributed by atoms with Crippen molar-refractivity contribution in [2.24, 2.45) is 0 Å². The van der Waals surface area contributed by atoms with Crippen LogP contribution in [0.15, 0.2) is 36.8 Å². The molecule has 0 radical (unpaired) electrons. The van der Waals surface area contributed by atoms with Gasteiger partial charge in [-0.3, -0.25) is 9.59 Å². The average molecular weight is 435 g/mol. The predicted octanol–water partition coefficient (Wildman–Crippen LogP) is 3.07. The van der Waals surface area contributed by atoms with Crippen LogP contribution in [0.3, 0.4) is 0 Å². The molecule has 3 rings (SSSR count). The first-order valence-corrected chi connectivity index (χ1v) is 9.22. The molecule has 2 amide bonds. The van der Waals surface area contributed by atoms with E-state index in [4.69, 9.17) is 4.74 Å². The van der Waals surface area contributed by atoms with Crippen LogP contribution >= 0.6 is 0 Å². The summed E-state index contributed by atoms with van der Waals surface area (Å²) >= 11 is 0. The van der Waals surface area contributed by atoms with E-state index in [2.05, 4.69) is 20.7 Å². The largest absolute Gasteiger partial charge is 0.416 e. The Morgan fingerprint density at radius 2 is 1.94 bits per heavy atom. The third-order valence-corrected chi connectivity index (χ3v) is 4.30. The van der Waals surface area contributed by atoms with Gasteiger partial charge in [0.2, 0.25) is 0 Å². The number of rotatable bonds is 6. The van der Waals surface area contributed by atoms with Crippen molar-refractivity contribution in [3.8, 4) is 0 Å². The van der Waals surface area contributed by atoms with E-state index in [1.807, 2.05) is 0 Å². The number of aromatic nitrogens is 3. The summed E-state index contributed by atoms with van der Waals surface area (Å²) in [6, 6.07) is 2.24. The number of alkyl halides is 3. The minimum atomic E-state index is -4.71. The van der Waals surface area contributed by atoms with Gasteiger partial charge in [0.25, 0.3) is 11.8 Å². The molecule has 0 saturated heterocycles. The van der Waals surface area contributed by atoms with Crippen molar-refractivity contribution < 1.29 is 27.5 Å². The van der Waals surface area contributed by atoms with Gasteiger partial charge in [-0.05, 0) is 37.6 Å². The summed E-state index contributed by atoms with van der Waals surface area (Å²) in [6.07, 6.45) is -0.239. The van der Waals surface area contributed by atoms with Crippen LogP contribution in [0.4, 0.5) is 18.9 Å². The number of hydrogen-bond acceptors (Lipinski definition) is 5. The van der Waals surface area contributed by atoms with Crippen LogP contribution in [0.5, 0.6) is 0 Å². The molecule has 1 unspecified atom stereocenters. The Morgan fingerprint density at radius 1 is 1.19 bits per heavy atom. The van der Waals surface area contributed by atoms with Gasteiger partial charge in [0.1, 0.15) is 5.56 Å². The van der Waals surface area contributed by atoms with Crippen molar-refractivity contribution in [1.82, 2.24) is 19.9 Å². The molecule has 8 nitrogen and oxygen atoms in total. The Labute approximate surface area is 175 Å². The van der Waals surface area contributed by atoms with Crippen molar-refractivity contribution in [2.75, 3.05) is 19.0 Å². The van der Waals surface area contributed by atoms with Gasteiger partial charge in [0.05, 0.1) is 18.4 Å². The zero-order valence-corrected chi connectivity index (χ0v) is 16.9. The van der Waals surface area contributed by atoms with Crippen LogP contribution in [0.1, 0.15) is 38.8 Å². The number of methoxy groups -OCH3 is 1. The number of anilines is 1. The molecule has 3 aromatic rings. The number of aryl methyl sites for hydroxylation is 1. The zero-order valence-electron chi connectivity index (χ0n) is 16.9. The lowest BCUT2D eigenvalue weighted by Gasteiger charge is -2.15. The Bertz CT molecular complexity index is 1130. The van der Waals surface area contributed by atoms with Crippen LogP contribution in [0.25, 0.3) is 5.65 Å². The lowest BCUT2D eigenvalue weighted by molar-refractivity contribution is -0.137. The van der Waals surface area contributed by atoms with Gasteiger partial charge in [-0.1, -0.05) is 0 Å². The molecule has 2 N–H and O–H groups in total. The molecule has 0 saturated carbocycles. The average Bonchev–Trinajstić information content (AvgIpc) is 3.10. The molecule has 0 spiro atoms. The van der Waals surface area contributed by atoms with E-state index in [1.54, 1.807) is 26.2 Å². The number of halogens is 3. The fourth-order valence-corrected chi connectivity index (χ4v) is 2.92. The molecule has 1 aromatic carbocycles. The van der Waals surface area contributed by atoms with E-state index in [-0.39, 0.29) is 29.1 Å². The third kappa shape index (κ3) is 5.18. The van der Waals surface area contributed by atoms with Crippen molar-refractivity contribution in [2.45, 2.75) is 26.1 Å². The summed E-state index contributed by atoms with van der Waals surface area (Å²) in [5, 5.41) is 8.98. The number of carbonyl (C=O) groups excluding carboxylic acids is 2. The number of ether oxygens (including phenoxy) is 1. The van der Waals surface area contributed by atoms with E-state index >= 15 is 0 Å². The van der Waals surface area contributed by atoms with E-state index in [0.717, 1.165) is 17.7 Å². The maximum absolute atomic E-state index is 13.4. The molecule has 0 aliphatic rings. The summed E-state index contributed by atoms with van der Waals surface area (Å²) in [6.45, 7) is 3.64. The van der Waals surface area contributed by atoms with Crippen molar-refractivity contribution in [3.63, 3.8) is 0 Å². The highest BCUT2D eigenvalue weighted by molar-refractivity contribution is 6.08. The molecule has 31 heavy (non-hydrogen) atoms. The molecule has 0 aliphatic heterocycles. The summed E-state index contributed by atoms with van der Waals surface area (Å²) in [7, 11) is 1.44. The summed E-state index contributed by atoms with van der Waals surface area (Å²) in [4.78, 5) is 29.2. The number of carbonyl (C=O) groups is 2. The van der Waals surface area contributed by atoms with E-state index < -0.39 is 29.6 Å². The Hall–Kier alpha value is -3.47. The van der Waals surface area contributed by atoms with E-state index in [9.17, 15) is 22.8 Å². The number of hydrogen-bond donors (Lipinski definition) is 2. The first kappa shape index (κ1) is 22.2. The quantitative estimate of drug-likeness (QED) is 0.620. The van der Waals surface area contributed by atoms with Gasteiger partial charge in [0.15, 0.2) is 5.65 Å². The zero-order chi connectivity index (χ0) is 22.8. The number of fused-ring (bicyclic) bond motifs is 1. The minimum absolute atomic E-state index is 0.0807. The van der Waals surface area contributed by atoms with Crippen LogP contribution < -0.4 is 10.6 Å². The second kappa shape index (κ2) is 8.72. The Kier molecular flexibility index (Phi) is 6.25. The third-order valence-electron chi connectivity index (χ3n) is 4.30. The number of benzene rings is 1. The number of nitrogens with zero attached hydrogens (tertiary/aromatic N) is 3. The Balaban J connectivity index is 1.92. The molecular formula is C20H20F3N5O3. The van der Waals surface area contributed by atoms with Gasteiger partial charge in [-0.15, -0.1) is 0 Å². The highest BCUT2D eigenvalue weighted by Crippen LogP contribution is 2.32. The van der Waals surface area contributed by atoms with E-state index in [0.29, 0.717) is 0 Å². The number of nitrogens with one attached hydrogen (secondary N) is 2. The van der Waals surface area contributed by atoms with Gasteiger partial charge in [-0.2, -0.15) is 18.3 Å². The highest BCUT2D eigenvalue weighted by Gasteiger charge is 2.32. The summed E-state index contributed by atoms with van der Waals surface area (Å²) < 4.78 is 46.4. The molecule has 11 heteroatoms. The van der Waals surface area contributed by atoms with Crippen LogP contribution in [0.2, 0.25) is 0 Å². The topological polar surface area (TPSA) is 97.6 Å². The van der Waals surface area contributed by atoms with E-state index in [1.165, 1.54) is 23.9 Å². The molecule has 164 valence electrons. The summed E-state index contributed by atoms with van der Waals surface area (Å²) in [5.74, 6) is -1.43. The number of amides is 2. The lowest BCUT2D eigenvalue weighted by Crippen LogP contribution is -2.35. The van der Waals surface area contributed by atoms with Crippen LogP contribution in [0, 0.1) is 6.92 Å². The highest BCUT2D eigenvalue weighted by atomic mass is 19.4. The fraction of sp³-hybridized carbons (Fsp3) is 0.300. The van der Waals surface area contributed by atoms with Gasteiger partial charge in [0, 0.05) is 36.8 Å². The first-order chi connectivity index (χ1) is 14.6. The van der Waals surface area contributed by atoms with Crippen molar-refractivity contribution in [1.29, 1.82) is 0 Å². The predicted molar refractivity (Wildman–Crippen MR) is 106 cm³/mol. The fourth-order valence-electron chi connectivity index (χ4n) is 2.92. The first-order valence-electron chi connectivity index (χ1n) is 9.22.